The molecule has 168 valence electrons. The van der Waals surface area contributed by atoms with Crippen LogP contribution in [0, 0.1) is 5.92 Å². The lowest BCUT2D eigenvalue weighted by molar-refractivity contribution is 0.0699. The second kappa shape index (κ2) is 10.5. The summed E-state index contributed by atoms with van der Waals surface area (Å²) in [6.07, 6.45) is 6.09. The van der Waals surface area contributed by atoms with Gasteiger partial charge in [-0.1, -0.05) is 17.7 Å². The highest BCUT2D eigenvalue weighted by Crippen LogP contribution is 2.34. The number of rotatable bonds is 7. The Morgan fingerprint density at radius 1 is 1.19 bits per heavy atom. The van der Waals surface area contributed by atoms with E-state index in [0.29, 0.717) is 28.6 Å². The molecule has 0 radical (unpaired) electrons. The van der Waals surface area contributed by atoms with Crippen LogP contribution in [-0.4, -0.2) is 61.9 Å². The molecule has 0 amide bonds. The van der Waals surface area contributed by atoms with Gasteiger partial charge in [0.15, 0.2) is 5.82 Å². The first kappa shape index (κ1) is 22.1. The van der Waals surface area contributed by atoms with Crippen LogP contribution in [0.3, 0.4) is 0 Å². The smallest absolute Gasteiger partial charge is 0.229 e. The lowest BCUT2D eigenvalue weighted by Crippen LogP contribution is -2.29. The highest BCUT2D eigenvalue weighted by molar-refractivity contribution is 6.32. The zero-order valence-corrected chi connectivity index (χ0v) is 19.1. The average molecular weight is 446 g/mol. The van der Waals surface area contributed by atoms with Crippen LogP contribution in [0.2, 0.25) is 5.02 Å². The second-order valence-corrected chi connectivity index (χ2v) is 8.90. The molecule has 8 heteroatoms. The average Bonchev–Trinajstić information content (AvgIpc) is 2.81. The molecular formula is C23H32ClN5O2. The van der Waals surface area contributed by atoms with Crippen molar-refractivity contribution in [2.24, 2.45) is 5.92 Å². The number of hydrogen-bond acceptors (Lipinski definition) is 7. The largest absolute Gasteiger partial charge is 0.495 e. The molecule has 1 aromatic carbocycles. The van der Waals surface area contributed by atoms with Crippen LogP contribution in [0.4, 0.5) is 17.5 Å². The summed E-state index contributed by atoms with van der Waals surface area (Å²) < 4.78 is 11.1. The van der Waals surface area contributed by atoms with Crippen LogP contribution < -0.4 is 15.4 Å². The van der Waals surface area contributed by atoms with Gasteiger partial charge in [0.05, 0.1) is 19.0 Å². The van der Waals surface area contributed by atoms with E-state index in [1.54, 1.807) is 13.3 Å². The maximum atomic E-state index is 6.32. The van der Waals surface area contributed by atoms with Crippen LogP contribution in [0.1, 0.15) is 37.2 Å². The number of anilines is 3. The fraction of sp³-hybridized carbons (Fsp3) is 0.565. The molecule has 0 spiro atoms. The Morgan fingerprint density at radius 2 is 1.97 bits per heavy atom. The molecular weight excluding hydrogens is 414 g/mol. The summed E-state index contributed by atoms with van der Waals surface area (Å²) >= 11 is 6.32. The highest BCUT2D eigenvalue weighted by Gasteiger charge is 2.20. The maximum Gasteiger partial charge on any atom is 0.229 e. The van der Waals surface area contributed by atoms with Gasteiger partial charge < -0.3 is 25.0 Å². The SMILES string of the molecule is COc1cc(C2CCN(C)CC2)ccc1Nc1ncc(Cl)c(NCC2CCOCC2)n1. The van der Waals surface area contributed by atoms with Crippen LogP contribution in [0.15, 0.2) is 24.4 Å². The Bertz CT molecular complexity index is 867. The van der Waals surface area contributed by atoms with Crippen molar-refractivity contribution in [2.75, 3.05) is 57.6 Å². The fourth-order valence-corrected chi connectivity index (χ4v) is 4.43. The summed E-state index contributed by atoms with van der Waals surface area (Å²) in [5.74, 6) is 3.08. The van der Waals surface area contributed by atoms with Gasteiger partial charge in [-0.2, -0.15) is 4.98 Å². The number of hydrogen-bond donors (Lipinski definition) is 2. The minimum Gasteiger partial charge on any atom is -0.495 e. The van der Waals surface area contributed by atoms with Gasteiger partial charge in [0, 0.05) is 19.8 Å². The lowest BCUT2D eigenvalue weighted by Gasteiger charge is -2.29. The lowest BCUT2D eigenvalue weighted by atomic mass is 9.89. The molecule has 2 saturated heterocycles. The second-order valence-electron chi connectivity index (χ2n) is 8.49. The highest BCUT2D eigenvalue weighted by atomic mass is 35.5. The van der Waals surface area contributed by atoms with Crippen LogP contribution in [0.25, 0.3) is 0 Å². The van der Waals surface area contributed by atoms with Crippen molar-refractivity contribution in [1.82, 2.24) is 14.9 Å². The third-order valence-electron chi connectivity index (χ3n) is 6.31. The number of aromatic nitrogens is 2. The molecule has 4 rings (SSSR count). The molecule has 2 aliphatic heterocycles. The zero-order valence-electron chi connectivity index (χ0n) is 18.4. The number of piperidine rings is 1. The van der Waals surface area contributed by atoms with Gasteiger partial charge in [-0.3, -0.25) is 0 Å². The van der Waals surface area contributed by atoms with Crippen molar-refractivity contribution in [3.8, 4) is 5.75 Å². The monoisotopic (exact) mass is 445 g/mol. The molecule has 0 saturated carbocycles. The number of halogens is 1. The van der Waals surface area contributed by atoms with Gasteiger partial charge in [0.2, 0.25) is 5.95 Å². The molecule has 3 heterocycles. The first-order chi connectivity index (χ1) is 15.1. The van der Waals surface area contributed by atoms with Crippen molar-refractivity contribution < 1.29 is 9.47 Å². The summed E-state index contributed by atoms with van der Waals surface area (Å²) in [5, 5.41) is 7.19. The summed E-state index contributed by atoms with van der Waals surface area (Å²) in [4.78, 5) is 11.3. The summed E-state index contributed by atoms with van der Waals surface area (Å²) in [6, 6.07) is 6.37. The van der Waals surface area contributed by atoms with Gasteiger partial charge in [0.25, 0.3) is 0 Å². The molecule has 2 N–H and O–H groups in total. The van der Waals surface area contributed by atoms with Crippen molar-refractivity contribution in [3.05, 3.63) is 35.0 Å². The normalized spacial score (nSPS) is 18.7. The number of benzene rings is 1. The van der Waals surface area contributed by atoms with Crippen molar-refractivity contribution in [2.45, 2.75) is 31.6 Å². The number of nitrogens with one attached hydrogen (secondary N) is 2. The summed E-state index contributed by atoms with van der Waals surface area (Å²) in [7, 11) is 3.88. The van der Waals surface area contributed by atoms with Crippen LogP contribution in [0.5, 0.6) is 5.75 Å². The van der Waals surface area contributed by atoms with E-state index in [1.807, 2.05) is 0 Å². The Hall–Kier alpha value is -2.09. The summed E-state index contributed by atoms with van der Waals surface area (Å²) in [6.45, 7) is 4.74. The molecule has 0 aliphatic carbocycles. The number of nitrogens with zero attached hydrogens (tertiary/aromatic N) is 3. The Morgan fingerprint density at radius 3 is 2.71 bits per heavy atom. The van der Waals surface area contributed by atoms with Gasteiger partial charge in [-0.25, -0.2) is 4.98 Å². The van der Waals surface area contributed by atoms with Gasteiger partial charge in [-0.05, 0) is 75.4 Å². The van der Waals surface area contributed by atoms with Crippen LogP contribution in [-0.2, 0) is 4.74 Å². The van der Waals surface area contributed by atoms with E-state index in [2.05, 4.69) is 50.7 Å². The van der Waals surface area contributed by atoms with E-state index >= 15 is 0 Å². The van der Waals surface area contributed by atoms with E-state index < -0.39 is 0 Å². The predicted molar refractivity (Wildman–Crippen MR) is 125 cm³/mol. The third-order valence-corrected chi connectivity index (χ3v) is 6.58. The summed E-state index contributed by atoms with van der Waals surface area (Å²) in [5.41, 5.74) is 2.17. The zero-order chi connectivity index (χ0) is 21.6. The molecule has 0 unspecified atom stereocenters. The molecule has 0 atom stereocenters. The number of ether oxygens (including phenoxy) is 2. The third kappa shape index (κ3) is 5.79. The Balaban J connectivity index is 1.44. The molecule has 2 aliphatic rings. The minimum atomic E-state index is 0.490. The van der Waals surface area contributed by atoms with E-state index in [9.17, 15) is 0 Å². The Kier molecular flexibility index (Phi) is 7.48. The first-order valence-electron chi connectivity index (χ1n) is 11.1. The molecule has 31 heavy (non-hydrogen) atoms. The van der Waals surface area contributed by atoms with E-state index in [1.165, 1.54) is 18.4 Å². The minimum absolute atomic E-state index is 0.490. The fourth-order valence-electron chi connectivity index (χ4n) is 4.27. The topological polar surface area (TPSA) is 71.5 Å². The van der Waals surface area contributed by atoms with Crippen molar-refractivity contribution in [3.63, 3.8) is 0 Å². The molecule has 7 nitrogen and oxygen atoms in total. The first-order valence-corrected chi connectivity index (χ1v) is 11.5. The Labute approximate surface area is 189 Å². The quantitative estimate of drug-likeness (QED) is 0.648. The molecule has 2 aromatic rings. The molecule has 0 bridgehead atoms. The maximum absolute atomic E-state index is 6.32. The van der Waals surface area contributed by atoms with Crippen LogP contribution >= 0.6 is 11.6 Å². The van der Waals surface area contributed by atoms with Crippen molar-refractivity contribution in [1.29, 1.82) is 0 Å². The standard InChI is InChI=1S/C23H32ClN5O2/c1-29-9-5-17(6-10-29)18-3-4-20(21(13-18)30-2)27-23-26-15-19(24)22(28-23)25-14-16-7-11-31-12-8-16/h3-4,13,15-17H,5-12,14H2,1-2H3,(H2,25,26,27,28). The predicted octanol–water partition coefficient (Wildman–Crippen LogP) is 4.53. The number of methoxy groups -OCH3 is 1. The van der Waals surface area contributed by atoms with Gasteiger partial charge in [0.1, 0.15) is 10.8 Å². The van der Waals surface area contributed by atoms with Gasteiger partial charge >= 0.3 is 0 Å². The molecule has 2 fully saturated rings. The van der Waals surface area contributed by atoms with E-state index in [4.69, 9.17) is 21.1 Å². The van der Waals surface area contributed by atoms with Crippen molar-refractivity contribution >= 4 is 29.1 Å². The molecule has 1 aromatic heterocycles. The van der Waals surface area contributed by atoms with E-state index in [0.717, 1.165) is 57.1 Å². The van der Waals surface area contributed by atoms with Gasteiger partial charge in [-0.15, -0.1) is 0 Å². The number of likely N-dealkylation sites (tertiary alicyclic amines) is 1. The van der Waals surface area contributed by atoms with E-state index in [-0.39, 0.29) is 0 Å².